The third-order valence-electron chi connectivity index (χ3n) is 4.03. The van der Waals surface area contributed by atoms with Crippen molar-refractivity contribution in [3.05, 3.63) is 0 Å². The van der Waals surface area contributed by atoms with Crippen LogP contribution in [0.1, 0.15) is 46.0 Å². The summed E-state index contributed by atoms with van der Waals surface area (Å²) in [4.78, 5) is 2.77. The zero-order chi connectivity index (χ0) is 11.6. The maximum Gasteiger partial charge on any atom is 0.0435 e. The van der Waals surface area contributed by atoms with Gasteiger partial charge in [0.25, 0.3) is 0 Å². The number of hydrogen-bond donors (Lipinski definition) is 1. The quantitative estimate of drug-likeness (QED) is 0.776. The first-order valence-electron chi connectivity index (χ1n) is 6.80. The van der Waals surface area contributed by atoms with Gasteiger partial charge in [0, 0.05) is 29.1 Å². The molecule has 2 atom stereocenters. The van der Waals surface area contributed by atoms with Crippen LogP contribution >= 0.6 is 11.8 Å². The van der Waals surface area contributed by atoms with Crippen LogP contribution in [-0.2, 0) is 0 Å². The first-order chi connectivity index (χ1) is 7.72. The van der Waals surface area contributed by atoms with Crippen LogP contribution in [0.5, 0.6) is 0 Å². The maximum atomic E-state index is 6.11. The van der Waals surface area contributed by atoms with Gasteiger partial charge < -0.3 is 5.73 Å². The first-order valence-corrected chi connectivity index (χ1v) is 7.85. The summed E-state index contributed by atoms with van der Waals surface area (Å²) in [5.74, 6) is 1.25. The standard InChI is InChI=1S/C13H26N2S/c1-3-4-7-15(12-5-6-12)13(9-14)8-11(2)16-10-13/h11-12H,3-10,14H2,1-2H3. The Kier molecular flexibility index (Phi) is 4.20. The van der Waals surface area contributed by atoms with E-state index in [9.17, 15) is 0 Å². The molecule has 2 nitrogen and oxygen atoms in total. The molecule has 2 unspecified atom stereocenters. The van der Waals surface area contributed by atoms with Gasteiger partial charge in [0.1, 0.15) is 0 Å². The lowest BCUT2D eigenvalue weighted by atomic mass is 9.93. The van der Waals surface area contributed by atoms with Crippen molar-refractivity contribution in [2.45, 2.75) is 62.8 Å². The van der Waals surface area contributed by atoms with Crippen LogP contribution in [0.25, 0.3) is 0 Å². The molecule has 16 heavy (non-hydrogen) atoms. The van der Waals surface area contributed by atoms with Gasteiger partial charge in [-0.05, 0) is 32.2 Å². The molecule has 1 saturated heterocycles. The first kappa shape index (κ1) is 12.7. The molecular weight excluding hydrogens is 216 g/mol. The monoisotopic (exact) mass is 242 g/mol. The number of nitrogens with zero attached hydrogens (tertiary/aromatic N) is 1. The molecule has 0 radical (unpaired) electrons. The SMILES string of the molecule is CCCCN(C1CC1)C1(CN)CSC(C)C1. The molecule has 3 heteroatoms. The molecular formula is C13H26N2S. The predicted octanol–water partition coefficient (Wildman–Crippen LogP) is 2.47. The molecule has 2 fully saturated rings. The third kappa shape index (κ3) is 2.57. The van der Waals surface area contributed by atoms with E-state index in [1.165, 1.54) is 44.4 Å². The highest BCUT2D eigenvalue weighted by Gasteiger charge is 2.46. The molecule has 94 valence electrons. The van der Waals surface area contributed by atoms with Gasteiger partial charge in [-0.3, -0.25) is 4.90 Å². The van der Waals surface area contributed by atoms with Crippen molar-refractivity contribution in [2.75, 3.05) is 18.8 Å². The largest absolute Gasteiger partial charge is 0.329 e. The minimum atomic E-state index is 0.334. The summed E-state index contributed by atoms with van der Waals surface area (Å²) in [7, 11) is 0. The summed E-state index contributed by atoms with van der Waals surface area (Å²) in [6, 6.07) is 0.862. The van der Waals surface area contributed by atoms with Gasteiger partial charge >= 0.3 is 0 Å². The number of rotatable bonds is 6. The van der Waals surface area contributed by atoms with E-state index < -0.39 is 0 Å². The van der Waals surface area contributed by atoms with Crippen LogP contribution in [0.3, 0.4) is 0 Å². The molecule has 2 N–H and O–H groups in total. The Morgan fingerprint density at radius 3 is 2.62 bits per heavy atom. The van der Waals surface area contributed by atoms with Gasteiger partial charge in [0.05, 0.1) is 0 Å². The fraction of sp³-hybridized carbons (Fsp3) is 1.00. The van der Waals surface area contributed by atoms with E-state index in [0.717, 1.165) is 17.8 Å². The van der Waals surface area contributed by atoms with Crippen molar-refractivity contribution in [1.82, 2.24) is 4.90 Å². The fourth-order valence-corrected chi connectivity index (χ4v) is 4.36. The van der Waals surface area contributed by atoms with Gasteiger partial charge in [-0.15, -0.1) is 0 Å². The van der Waals surface area contributed by atoms with E-state index in [0.29, 0.717) is 5.54 Å². The highest BCUT2D eigenvalue weighted by atomic mass is 32.2. The number of nitrogens with two attached hydrogens (primary N) is 1. The molecule has 0 aromatic carbocycles. The zero-order valence-corrected chi connectivity index (χ0v) is 11.6. The van der Waals surface area contributed by atoms with Crippen molar-refractivity contribution in [3.63, 3.8) is 0 Å². The molecule has 0 spiro atoms. The molecule has 1 saturated carbocycles. The summed E-state index contributed by atoms with van der Waals surface area (Å²) in [5.41, 5.74) is 6.45. The van der Waals surface area contributed by atoms with Crippen LogP contribution < -0.4 is 5.73 Å². The summed E-state index contributed by atoms with van der Waals surface area (Å²) in [6.45, 7) is 6.76. The van der Waals surface area contributed by atoms with E-state index in [2.05, 4.69) is 30.5 Å². The van der Waals surface area contributed by atoms with Crippen molar-refractivity contribution >= 4 is 11.8 Å². The summed E-state index contributed by atoms with van der Waals surface area (Å²) >= 11 is 2.11. The molecule has 0 aromatic rings. The van der Waals surface area contributed by atoms with E-state index >= 15 is 0 Å². The second-order valence-electron chi connectivity index (χ2n) is 5.53. The van der Waals surface area contributed by atoms with E-state index in [1.54, 1.807) is 0 Å². The molecule has 1 aliphatic heterocycles. The average Bonchev–Trinajstić information content (AvgIpc) is 3.04. The minimum Gasteiger partial charge on any atom is -0.329 e. The van der Waals surface area contributed by atoms with Gasteiger partial charge in [-0.25, -0.2) is 0 Å². The minimum absolute atomic E-state index is 0.334. The Morgan fingerprint density at radius 1 is 1.44 bits per heavy atom. The highest BCUT2D eigenvalue weighted by molar-refractivity contribution is 8.00. The Morgan fingerprint density at radius 2 is 2.19 bits per heavy atom. The van der Waals surface area contributed by atoms with Crippen molar-refractivity contribution in [1.29, 1.82) is 0 Å². The molecule has 2 aliphatic rings. The van der Waals surface area contributed by atoms with E-state index in [4.69, 9.17) is 5.73 Å². The average molecular weight is 242 g/mol. The number of thioether (sulfide) groups is 1. The maximum absolute atomic E-state index is 6.11. The topological polar surface area (TPSA) is 29.3 Å². The Bertz CT molecular complexity index is 230. The van der Waals surface area contributed by atoms with Crippen molar-refractivity contribution in [3.8, 4) is 0 Å². The smallest absolute Gasteiger partial charge is 0.0435 e. The lowest BCUT2D eigenvalue weighted by Crippen LogP contribution is -2.55. The summed E-state index contributed by atoms with van der Waals surface area (Å²) < 4.78 is 0. The van der Waals surface area contributed by atoms with Crippen LogP contribution in [0.15, 0.2) is 0 Å². The Balaban J connectivity index is 2.03. The zero-order valence-electron chi connectivity index (χ0n) is 10.7. The van der Waals surface area contributed by atoms with Crippen LogP contribution in [0.2, 0.25) is 0 Å². The van der Waals surface area contributed by atoms with Gasteiger partial charge in [-0.2, -0.15) is 11.8 Å². The summed E-state index contributed by atoms with van der Waals surface area (Å²) in [6.07, 6.45) is 6.74. The molecule has 0 bridgehead atoms. The summed E-state index contributed by atoms with van der Waals surface area (Å²) in [5, 5.41) is 0.798. The Labute approximate surface area is 104 Å². The number of unbranched alkanes of at least 4 members (excludes halogenated alkanes) is 1. The van der Waals surface area contributed by atoms with Gasteiger partial charge in [0.2, 0.25) is 0 Å². The van der Waals surface area contributed by atoms with Crippen molar-refractivity contribution in [2.24, 2.45) is 5.73 Å². The lowest BCUT2D eigenvalue weighted by molar-refractivity contribution is 0.101. The molecule has 1 aliphatic carbocycles. The van der Waals surface area contributed by atoms with Crippen LogP contribution in [0, 0.1) is 0 Å². The molecule has 0 aromatic heterocycles. The van der Waals surface area contributed by atoms with E-state index in [-0.39, 0.29) is 0 Å². The Hall–Kier alpha value is 0.270. The van der Waals surface area contributed by atoms with E-state index in [1.807, 2.05) is 0 Å². The molecule has 0 amide bonds. The second-order valence-corrected chi connectivity index (χ2v) is 6.96. The normalized spacial score (nSPS) is 34.9. The second kappa shape index (κ2) is 5.28. The van der Waals surface area contributed by atoms with Gasteiger partial charge in [0.15, 0.2) is 0 Å². The number of hydrogen-bond acceptors (Lipinski definition) is 3. The molecule has 1 heterocycles. The highest BCUT2D eigenvalue weighted by Crippen LogP contribution is 2.43. The third-order valence-corrected chi connectivity index (χ3v) is 5.47. The van der Waals surface area contributed by atoms with Crippen LogP contribution in [0.4, 0.5) is 0 Å². The van der Waals surface area contributed by atoms with Gasteiger partial charge in [-0.1, -0.05) is 20.3 Å². The van der Waals surface area contributed by atoms with Crippen molar-refractivity contribution < 1.29 is 0 Å². The molecule has 2 rings (SSSR count). The fourth-order valence-electron chi connectivity index (χ4n) is 2.93. The predicted molar refractivity (Wildman–Crippen MR) is 73.0 cm³/mol. The van der Waals surface area contributed by atoms with Crippen LogP contribution in [-0.4, -0.2) is 40.6 Å². The lowest BCUT2D eigenvalue weighted by Gasteiger charge is -2.41.